The minimum absolute atomic E-state index is 0.162. The SMILES string of the molecule is CNc1ccc(C)cc1C(=O)N1CCC(C(C)(C)C)CC1. The van der Waals surface area contributed by atoms with Crippen molar-refractivity contribution in [2.75, 3.05) is 25.5 Å². The van der Waals surface area contributed by atoms with Crippen molar-refractivity contribution in [1.29, 1.82) is 0 Å². The third-order valence-corrected chi connectivity index (χ3v) is 4.68. The molecule has 1 N–H and O–H groups in total. The van der Waals surface area contributed by atoms with Gasteiger partial charge in [0.15, 0.2) is 0 Å². The molecule has 1 aromatic rings. The smallest absolute Gasteiger partial charge is 0.255 e. The van der Waals surface area contributed by atoms with Crippen molar-refractivity contribution in [1.82, 2.24) is 4.90 Å². The Morgan fingerprint density at radius 3 is 2.38 bits per heavy atom. The molecule has 1 aromatic carbocycles. The second-order valence-corrected chi connectivity index (χ2v) is 7.23. The Morgan fingerprint density at radius 1 is 1.24 bits per heavy atom. The van der Waals surface area contributed by atoms with E-state index in [0.717, 1.165) is 42.7 Å². The van der Waals surface area contributed by atoms with Crippen LogP contribution in [0.1, 0.15) is 49.5 Å². The highest BCUT2D eigenvalue weighted by Crippen LogP contribution is 2.34. The molecule has 0 atom stereocenters. The standard InChI is InChI=1S/C18H28N2O/c1-13-6-7-16(19-5)15(12-13)17(21)20-10-8-14(9-11-20)18(2,3)4/h6-7,12,14,19H,8-11H2,1-5H3. The molecular weight excluding hydrogens is 260 g/mol. The zero-order valence-corrected chi connectivity index (χ0v) is 14.0. The molecule has 3 nitrogen and oxygen atoms in total. The van der Waals surface area contributed by atoms with E-state index in [-0.39, 0.29) is 5.91 Å². The van der Waals surface area contributed by atoms with Gasteiger partial charge in [0.2, 0.25) is 0 Å². The average Bonchev–Trinajstić information content (AvgIpc) is 2.45. The van der Waals surface area contributed by atoms with E-state index in [1.807, 2.05) is 37.1 Å². The minimum atomic E-state index is 0.162. The molecule has 0 unspecified atom stereocenters. The van der Waals surface area contributed by atoms with Crippen molar-refractivity contribution in [3.8, 4) is 0 Å². The van der Waals surface area contributed by atoms with Crippen LogP contribution in [0, 0.1) is 18.3 Å². The highest BCUT2D eigenvalue weighted by atomic mass is 16.2. The summed E-state index contributed by atoms with van der Waals surface area (Å²) in [6.45, 7) is 10.7. The van der Waals surface area contributed by atoms with Crippen LogP contribution in [0.5, 0.6) is 0 Å². The van der Waals surface area contributed by atoms with Gasteiger partial charge in [0.25, 0.3) is 5.91 Å². The third-order valence-electron chi connectivity index (χ3n) is 4.68. The zero-order valence-electron chi connectivity index (χ0n) is 14.0. The predicted molar refractivity (Wildman–Crippen MR) is 88.8 cm³/mol. The molecule has 3 heteroatoms. The first kappa shape index (κ1) is 15.9. The highest BCUT2D eigenvalue weighted by Gasteiger charge is 2.31. The molecule has 116 valence electrons. The normalized spacial score (nSPS) is 16.9. The summed E-state index contributed by atoms with van der Waals surface area (Å²) < 4.78 is 0. The summed E-state index contributed by atoms with van der Waals surface area (Å²) in [4.78, 5) is 14.8. The first-order valence-corrected chi connectivity index (χ1v) is 7.90. The van der Waals surface area contributed by atoms with Gasteiger partial charge in [0, 0.05) is 25.8 Å². The van der Waals surface area contributed by atoms with E-state index in [0.29, 0.717) is 11.3 Å². The molecule has 1 aliphatic heterocycles. The van der Waals surface area contributed by atoms with Crippen LogP contribution in [0.3, 0.4) is 0 Å². The third kappa shape index (κ3) is 3.58. The molecule has 1 amide bonds. The zero-order chi connectivity index (χ0) is 15.6. The number of aryl methyl sites for hydroxylation is 1. The van der Waals surface area contributed by atoms with Gasteiger partial charge in [-0.1, -0.05) is 32.4 Å². The van der Waals surface area contributed by atoms with Gasteiger partial charge in [-0.15, -0.1) is 0 Å². The summed E-state index contributed by atoms with van der Waals surface area (Å²) in [5.74, 6) is 0.873. The number of likely N-dealkylation sites (tertiary alicyclic amines) is 1. The maximum atomic E-state index is 12.8. The lowest BCUT2D eigenvalue weighted by Crippen LogP contribution is -2.41. The topological polar surface area (TPSA) is 32.3 Å². The lowest BCUT2D eigenvalue weighted by atomic mass is 9.75. The van der Waals surface area contributed by atoms with Crippen molar-refractivity contribution in [3.05, 3.63) is 29.3 Å². The summed E-state index contributed by atoms with van der Waals surface area (Å²) in [5.41, 5.74) is 3.19. The predicted octanol–water partition coefficient (Wildman–Crippen LogP) is 3.94. The molecule has 0 bridgehead atoms. The molecule has 1 aliphatic rings. The molecule has 1 fully saturated rings. The van der Waals surface area contributed by atoms with Crippen LogP contribution in [0.4, 0.5) is 5.69 Å². The van der Waals surface area contributed by atoms with Crippen LogP contribution >= 0.6 is 0 Å². The summed E-state index contributed by atoms with van der Waals surface area (Å²) in [7, 11) is 1.87. The number of hydrogen-bond acceptors (Lipinski definition) is 2. The van der Waals surface area contributed by atoms with Crippen LogP contribution in [0.15, 0.2) is 18.2 Å². The summed E-state index contributed by atoms with van der Waals surface area (Å²) in [5, 5.41) is 3.13. The van der Waals surface area contributed by atoms with Crippen molar-refractivity contribution < 1.29 is 4.79 Å². The van der Waals surface area contributed by atoms with E-state index < -0.39 is 0 Å². The number of amides is 1. The maximum absolute atomic E-state index is 12.8. The molecule has 1 saturated heterocycles. The quantitative estimate of drug-likeness (QED) is 0.894. The van der Waals surface area contributed by atoms with Crippen molar-refractivity contribution in [2.24, 2.45) is 11.3 Å². The number of anilines is 1. The van der Waals surface area contributed by atoms with Gasteiger partial charge in [-0.2, -0.15) is 0 Å². The Bertz CT molecular complexity index is 508. The second kappa shape index (κ2) is 6.08. The highest BCUT2D eigenvalue weighted by molar-refractivity contribution is 5.99. The fraction of sp³-hybridized carbons (Fsp3) is 0.611. The van der Waals surface area contributed by atoms with Crippen LogP contribution in [-0.2, 0) is 0 Å². The lowest BCUT2D eigenvalue weighted by Gasteiger charge is -2.39. The van der Waals surface area contributed by atoms with E-state index in [1.165, 1.54) is 0 Å². The van der Waals surface area contributed by atoms with Crippen molar-refractivity contribution in [2.45, 2.75) is 40.5 Å². The Hall–Kier alpha value is -1.51. The lowest BCUT2D eigenvalue weighted by molar-refractivity contribution is 0.0609. The molecule has 1 heterocycles. The van der Waals surface area contributed by atoms with Crippen LogP contribution in [0.25, 0.3) is 0 Å². The van der Waals surface area contributed by atoms with Crippen molar-refractivity contribution >= 4 is 11.6 Å². The molecular formula is C18H28N2O. The van der Waals surface area contributed by atoms with Gasteiger partial charge < -0.3 is 10.2 Å². The van der Waals surface area contributed by atoms with E-state index >= 15 is 0 Å². The van der Waals surface area contributed by atoms with E-state index in [4.69, 9.17) is 0 Å². The van der Waals surface area contributed by atoms with Gasteiger partial charge in [-0.25, -0.2) is 0 Å². The summed E-state index contributed by atoms with van der Waals surface area (Å²) in [6.07, 6.45) is 2.21. The molecule has 0 aliphatic carbocycles. The molecule has 0 aromatic heterocycles. The summed E-state index contributed by atoms with van der Waals surface area (Å²) in [6, 6.07) is 6.02. The monoisotopic (exact) mass is 288 g/mol. The van der Waals surface area contributed by atoms with E-state index in [2.05, 4.69) is 26.1 Å². The summed E-state index contributed by atoms with van der Waals surface area (Å²) >= 11 is 0. The molecule has 0 spiro atoms. The minimum Gasteiger partial charge on any atom is -0.387 e. The number of benzene rings is 1. The van der Waals surface area contributed by atoms with Gasteiger partial charge in [-0.3, -0.25) is 4.79 Å². The molecule has 2 rings (SSSR count). The number of carbonyl (C=O) groups is 1. The molecule has 21 heavy (non-hydrogen) atoms. The number of nitrogens with zero attached hydrogens (tertiary/aromatic N) is 1. The van der Waals surface area contributed by atoms with Gasteiger partial charge in [0.05, 0.1) is 5.56 Å². The second-order valence-electron chi connectivity index (χ2n) is 7.23. The number of piperidine rings is 1. The Kier molecular flexibility index (Phi) is 4.60. The number of rotatable bonds is 2. The largest absolute Gasteiger partial charge is 0.387 e. The number of hydrogen-bond donors (Lipinski definition) is 1. The number of nitrogens with one attached hydrogen (secondary N) is 1. The number of carbonyl (C=O) groups excluding carboxylic acids is 1. The van der Waals surface area contributed by atoms with Gasteiger partial charge in [-0.05, 0) is 43.2 Å². The van der Waals surface area contributed by atoms with E-state index in [9.17, 15) is 4.79 Å². The van der Waals surface area contributed by atoms with Crippen LogP contribution in [0.2, 0.25) is 0 Å². The first-order chi connectivity index (χ1) is 9.82. The van der Waals surface area contributed by atoms with Gasteiger partial charge >= 0.3 is 0 Å². The maximum Gasteiger partial charge on any atom is 0.255 e. The van der Waals surface area contributed by atoms with Crippen LogP contribution < -0.4 is 5.32 Å². The van der Waals surface area contributed by atoms with E-state index in [1.54, 1.807) is 0 Å². The van der Waals surface area contributed by atoms with Gasteiger partial charge in [0.1, 0.15) is 0 Å². The fourth-order valence-electron chi connectivity index (χ4n) is 3.17. The Morgan fingerprint density at radius 2 is 1.86 bits per heavy atom. The molecule has 0 saturated carbocycles. The average molecular weight is 288 g/mol. The van der Waals surface area contributed by atoms with Crippen molar-refractivity contribution in [3.63, 3.8) is 0 Å². The Labute approximate surface area is 128 Å². The molecule has 0 radical (unpaired) electrons. The van der Waals surface area contributed by atoms with Crippen LogP contribution in [-0.4, -0.2) is 30.9 Å². The first-order valence-electron chi connectivity index (χ1n) is 7.90. The Balaban J connectivity index is 2.11. The fourth-order valence-corrected chi connectivity index (χ4v) is 3.17.